The van der Waals surface area contributed by atoms with Crippen molar-refractivity contribution < 1.29 is 28.5 Å². The largest absolute Gasteiger partial charge is 0.497 e. The van der Waals surface area contributed by atoms with E-state index in [0.29, 0.717) is 17.2 Å². The lowest BCUT2D eigenvalue weighted by molar-refractivity contribution is -0.142. The average Bonchev–Trinajstić information content (AvgIpc) is 3.38. The van der Waals surface area contributed by atoms with Gasteiger partial charge in [-0.05, 0) is 37.5 Å². The molecule has 1 N–H and O–H groups in total. The second kappa shape index (κ2) is 12.2. The lowest BCUT2D eigenvalue weighted by Gasteiger charge is -2.29. The molecule has 1 aliphatic rings. The maximum atomic E-state index is 13.3. The van der Waals surface area contributed by atoms with E-state index in [0.717, 1.165) is 37.0 Å². The van der Waals surface area contributed by atoms with Gasteiger partial charge in [-0.25, -0.2) is 0 Å². The summed E-state index contributed by atoms with van der Waals surface area (Å²) in [6, 6.07) is 12.0. The number of methoxy groups -OCH3 is 3. The third-order valence-electron chi connectivity index (χ3n) is 6.07. The van der Waals surface area contributed by atoms with Crippen LogP contribution in [0.3, 0.4) is 0 Å². The van der Waals surface area contributed by atoms with Crippen molar-refractivity contribution in [1.82, 2.24) is 10.2 Å². The van der Waals surface area contributed by atoms with Gasteiger partial charge < -0.3 is 29.2 Å². The summed E-state index contributed by atoms with van der Waals surface area (Å²) in [6.07, 6.45) is 4.19. The van der Waals surface area contributed by atoms with Crippen LogP contribution >= 0.6 is 0 Å². The molecule has 3 rings (SSSR count). The Morgan fingerprint density at radius 2 is 1.47 bits per heavy atom. The van der Waals surface area contributed by atoms with Gasteiger partial charge in [-0.2, -0.15) is 0 Å². The topological polar surface area (TPSA) is 86.3 Å². The molecule has 1 fully saturated rings. The summed E-state index contributed by atoms with van der Waals surface area (Å²) >= 11 is 0. The maximum Gasteiger partial charge on any atom is 0.261 e. The van der Waals surface area contributed by atoms with Crippen molar-refractivity contribution in [2.75, 3.05) is 27.9 Å². The normalized spacial score (nSPS) is 14.2. The van der Waals surface area contributed by atoms with Gasteiger partial charge in [0.1, 0.15) is 29.0 Å². The molecule has 1 unspecified atom stereocenters. The molecular formula is C26H34N2O6. The zero-order valence-electron chi connectivity index (χ0n) is 20.3. The Labute approximate surface area is 201 Å². The SMILES string of the molecule is COc1ccc(CN(C(=O)COc2cc(OC)cc(OC)c2)C(C)C(=O)NC2CCCC2)cc1. The standard InChI is InChI=1S/C26H34N2O6/c1-18(26(30)27-20-7-5-6-8-20)28(16-19-9-11-21(31-2)12-10-19)25(29)17-34-24-14-22(32-3)13-23(15-24)33-4/h9-15,18,20H,5-8,16-17H2,1-4H3,(H,27,30). The number of nitrogens with one attached hydrogen (secondary N) is 1. The summed E-state index contributed by atoms with van der Waals surface area (Å²) in [6.45, 7) is 1.79. The molecule has 0 saturated heterocycles. The van der Waals surface area contributed by atoms with Gasteiger partial charge in [0.2, 0.25) is 5.91 Å². The van der Waals surface area contributed by atoms with E-state index in [-0.39, 0.29) is 31.0 Å². The number of hydrogen-bond acceptors (Lipinski definition) is 6. The number of benzene rings is 2. The fourth-order valence-corrected chi connectivity index (χ4v) is 3.99. The summed E-state index contributed by atoms with van der Waals surface area (Å²) in [5, 5.41) is 3.10. The molecule has 2 aromatic carbocycles. The molecule has 1 aliphatic carbocycles. The molecular weight excluding hydrogens is 436 g/mol. The molecule has 2 aromatic rings. The second-order valence-corrected chi connectivity index (χ2v) is 8.37. The van der Waals surface area contributed by atoms with E-state index >= 15 is 0 Å². The summed E-state index contributed by atoms with van der Waals surface area (Å²) in [5.41, 5.74) is 0.887. The molecule has 0 aromatic heterocycles. The van der Waals surface area contributed by atoms with Crippen molar-refractivity contribution in [3.05, 3.63) is 48.0 Å². The minimum absolute atomic E-state index is 0.156. The van der Waals surface area contributed by atoms with Gasteiger partial charge in [-0.3, -0.25) is 9.59 Å². The van der Waals surface area contributed by atoms with Crippen molar-refractivity contribution in [3.63, 3.8) is 0 Å². The molecule has 8 heteroatoms. The Morgan fingerprint density at radius 1 is 0.912 bits per heavy atom. The summed E-state index contributed by atoms with van der Waals surface area (Å²) < 4.78 is 21.5. The second-order valence-electron chi connectivity index (χ2n) is 8.37. The smallest absolute Gasteiger partial charge is 0.261 e. The van der Waals surface area contributed by atoms with Crippen LogP contribution in [-0.2, 0) is 16.1 Å². The molecule has 0 aliphatic heterocycles. The molecule has 0 radical (unpaired) electrons. The fraction of sp³-hybridized carbons (Fsp3) is 0.462. The molecule has 2 amide bonds. The lowest BCUT2D eigenvalue weighted by Crippen LogP contribution is -2.50. The highest BCUT2D eigenvalue weighted by Crippen LogP contribution is 2.27. The third-order valence-corrected chi connectivity index (χ3v) is 6.07. The monoisotopic (exact) mass is 470 g/mol. The zero-order chi connectivity index (χ0) is 24.5. The van der Waals surface area contributed by atoms with Gasteiger partial charge in [-0.15, -0.1) is 0 Å². The van der Waals surface area contributed by atoms with Crippen LogP contribution in [0.25, 0.3) is 0 Å². The van der Waals surface area contributed by atoms with Crippen LogP contribution in [0.15, 0.2) is 42.5 Å². The van der Waals surface area contributed by atoms with Gasteiger partial charge in [0.15, 0.2) is 6.61 Å². The molecule has 8 nitrogen and oxygen atoms in total. The highest BCUT2D eigenvalue weighted by Gasteiger charge is 2.28. The van der Waals surface area contributed by atoms with Crippen LogP contribution in [0.2, 0.25) is 0 Å². The van der Waals surface area contributed by atoms with Crippen LogP contribution in [-0.4, -0.2) is 56.7 Å². The molecule has 0 spiro atoms. The number of carbonyl (C=O) groups is 2. The van der Waals surface area contributed by atoms with E-state index in [9.17, 15) is 9.59 Å². The zero-order valence-corrected chi connectivity index (χ0v) is 20.3. The van der Waals surface area contributed by atoms with E-state index in [1.165, 1.54) is 0 Å². The van der Waals surface area contributed by atoms with Crippen molar-refractivity contribution in [1.29, 1.82) is 0 Å². The van der Waals surface area contributed by atoms with Crippen molar-refractivity contribution in [2.24, 2.45) is 0 Å². The maximum absolute atomic E-state index is 13.3. The van der Waals surface area contributed by atoms with E-state index in [1.54, 1.807) is 51.4 Å². The van der Waals surface area contributed by atoms with Gasteiger partial charge >= 0.3 is 0 Å². The Hall–Kier alpha value is -3.42. The number of hydrogen-bond donors (Lipinski definition) is 1. The van der Waals surface area contributed by atoms with E-state index in [4.69, 9.17) is 18.9 Å². The Balaban J connectivity index is 1.74. The van der Waals surface area contributed by atoms with Crippen molar-refractivity contribution in [3.8, 4) is 23.0 Å². The number of ether oxygens (including phenoxy) is 4. The van der Waals surface area contributed by atoms with Crippen molar-refractivity contribution >= 4 is 11.8 Å². The molecule has 0 heterocycles. The highest BCUT2D eigenvalue weighted by atomic mass is 16.5. The summed E-state index contributed by atoms with van der Waals surface area (Å²) in [4.78, 5) is 27.8. The molecule has 1 atom stereocenters. The number of rotatable bonds is 11. The van der Waals surface area contributed by atoms with E-state index < -0.39 is 6.04 Å². The first-order chi connectivity index (χ1) is 16.4. The lowest BCUT2D eigenvalue weighted by atomic mass is 10.1. The van der Waals surface area contributed by atoms with Crippen molar-refractivity contribution in [2.45, 2.75) is 51.2 Å². The molecule has 1 saturated carbocycles. The van der Waals surface area contributed by atoms with Gasteiger partial charge in [-0.1, -0.05) is 25.0 Å². The average molecular weight is 471 g/mol. The Morgan fingerprint density at radius 3 is 2.03 bits per heavy atom. The predicted molar refractivity (Wildman–Crippen MR) is 128 cm³/mol. The molecule has 184 valence electrons. The number of amides is 2. The molecule has 0 bridgehead atoms. The van der Waals surface area contributed by atoms with E-state index in [1.807, 2.05) is 24.3 Å². The number of nitrogens with zero attached hydrogens (tertiary/aromatic N) is 1. The Kier molecular flexibility index (Phi) is 9.01. The highest BCUT2D eigenvalue weighted by molar-refractivity contribution is 5.88. The minimum Gasteiger partial charge on any atom is -0.497 e. The van der Waals surface area contributed by atoms with Gasteiger partial charge in [0.05, 0.1) is 21.3 Å². The number of carbonyl (C=O) groups excluding carboxylic acids is 2. The van der Waals surface area contributed by atoms with Crippen LogP contribution in [0.1, 0.15) is 38.2 Å². The predicted octanol–water partition coefficient (Wildman–Crippen LogP) is 3.57. The Bertz CT molecular complexity index is 934. The van der Waals surface area contributed by atoms with Crippen LogP contribution in [0.4, 0.5) is 0 Å². The summed E-state index contributed by atoms with van der Waals surface area (Å²) in [7, 11) is 4.70. The van der Waals surface area contributed by atoms with Gasteiger partial charge in [0.25, 0.3) is 5.91 Å². The molecule has 34 heavy (non-hydrogen) atoms. The summed E-state index contributed by atoms with van der Waals surface area (Å²) in [5.74, 6) is 1.83. The van der Waals surface area contributed by atoms with Gasteiger partial charge in [0, 0.05) is 30.8 Å². The minimum atomic E-state index is -0.654. The third kappa shape index (κ3) is 6.79. The first kappa shape index (κ1) is 25.2. The first-order valence-electron chi connectivity index (χ1n) is 11.5. The van der Waals surface area contributed by atoms with Crippen LogP contribution in [0.5, 0.6) is 23.0 Å². The van der Waals surface area contributed by atoms with Crippen LogP contribution < -0.4 is 24.3 Å². The van der Waals surface area contributed by atoms with E-state index in [2.05, 4.69) is 5.32 Å². The first-order valence-corrected chi connectivity index (χ1v) is 11.5. The van der Waals surface area contributed by atoms with Crippen LogP contribution in [0, 0.1) is 0 Å². The quantitative estimate of drug-likeness (QED) is 0.540. The fourth-order valence-electron chi connectivity index (χ4n) is 3.99.